The molecule has 0 aliphatic heterocycles. The van der Waals surface area contributed by atoms with Crippen LogP contribution < -0.4 is 0 Å². The maximum Gasteiger partial charge on any atom is 0.333 e. The molecular formula is C12H20F2O2. The number of hydrogen-bond acceptors (Lipinski definition) is 2. The van der Waals surface area contributed by atoms with Crippen LogP contribution in [0.3, 0.4) is 0 Å². The van der Waals surface area contributed by atoms with E-state index in [1.165, 1.54) is 20.8 Å². The molecule has 16 heavy (non-hydrogen) atoms. The van der Waals surface area contributed by atoms with Crippen LogP contribution >= 0.6 is 0 Å². The summed E-state index contributed by atoms with van der Waals surface area (Å²) >= 11 is 0. The topological polar surface area (TPSA) is 37.3 Å². The van der Waals surface area contributed by atoms with Crippen LogP contribution in [0.25, 0.3) is 0 Å². The van der Waals surface area contributed by atoms with Crippen LogP contribution in [0.15, 0.2) is 0 Å². The molecule has 0 radical (unpaired) electrons. The molecule has 0 aromatic carbocycles. The second-order valence-electron chi connectivity index (χ2n) is 5.75. The molecule has 1 aliphatic rings. The Bertz CT molecular complexity index is 273. The molecule has 0 bridgehead atoms. The SMILES string of the molecule is CC(C)(C)C(=O)C(F)(F)C1(O)CCCCC1. The summed E-state index contributed by atoms with van der Waals surface area (Å²) in [6, 6.07) is 0. The number of alkyl halides is 2. The zero-order valence-corrected chi connectivity index (χ0v) is 10.1. The molecule has 0 atom stereocenters. The van der Waals surface area contributed by atoms with E-state index in [4.69, 9.17) is 0 Å². The van der Waals surface area contributed by atoms with Gasteiger partial charge in [0.05, 0.1) is 0 Å². The Balaban J connectivity index is 2.95. The predicted molar refractivity (Wildman–Crippen MR) is 57.4 cm³/mol. The van der Waals surface area contributed by atoms with Crippen molar-refractivity contribution >= 4 is 5.78 Å². The van der Waals surface area contributed by atoms with E-state index < -0.39 is 22.7 Å². The van der Waals surface area contributed by atoms with Gasteiger partial charge in [0.1, 0.15) is 5.60 Å². The largest absolute Gasteiger partial charge is 0.383 e. The molecule has 0 spiro atoms. The van der Waals surface area contributed by atoms with Gasteiger partial charge >= 0.3 is 5.92 Å². The van der Waals surface area contributed by atoms with Gasteiger partial charge < -0.3 is 5.11 Å². The first-order valence-corrected chi connectivity index (χ1v) is 5.76. The van der Waals surface area contributed by atoms with Gasteiger partial charge in [-0.1, -0.05) is 40.0 Å². The summed E-state index contributed by atoms with van der Waals surface area (Å²) < 4.78 is 28.0. The van der Waals surface area contributed by atoms with Gasteiger partial charge in [-0.2, -0.15) is 8.78 Å². The molecule has 1 fully saturated rings. The summed E-state index contributed by atoms with van der Waals surface area (Å²) in [6.45, 7) is 4.36. The van der Waals surface area contributed by atoms with Gasteiger partial charge in [0.15, 0.2) is 0 Å². The Morgan fingerprint density at radius 3 is 1.94 bits per heavy atom. The quantitative estimate of drug-likeness (QED) is 0.797. The number of carbonyl (C=O) groups excluding carboxylic acids is 1. The highest BCUT2D eigenvalue weighted by molar-refractivity contribution is 5.91. The molecule has 1 saturated carbocycles. The highest BCUT2D eigenvalue weighted by Gasteiger charge is 2.60. The van der Waals surface area contributed by atoms with Crippen molar-refractivity contribution in [3.8, 4) is 0 Å². The van der Waals surface area contributed by atoms with Gasteiger partial charge in [-0.3, -0.25) is 4.79 Å². The number of halogens is 2. The Kier molecular flexibility index (Phi) is 3.44. The predicted octanol–water partition coefficient (Wildman–Crippen LogP) is 2.93. The minimum Gasteiger partial charge on any atom is -0.383 e. The molecule has 0 aromatic heterocycles. The first-order valence-electron chi connectivity index (χ1n) is 5.76. The van der Waals surface area contributed by atoms with E-state index in [2.05, 4.69) is 0 Å². The smallest absolute Gasteiger partial charge is 0.333 e. The summed E-state index contributed by atoms with van der Waals surface area (Å²) in [5.41, 5.74) is -3.26. The molecule has 1 N–H and O–H groups in total. The molecule has 1 rings (SSSR count). The number of rotatable bonds is 2. The molecule has 94 valence electrons. The zero-order valence-electron chi connectivity index (χ0n) is 10.1. The fourth-order valence-corrected chi connectivity index (χ4v) is 2.13. The number of hydrogen-bond donors (Lipinski definition) is 1. The summed E-state index contributed by atoms with van der Waals surface area (Å²) in [5.74, 6) is -4.80. The maximum absolute atomic E-state index is 14.0. The first-order chi connectivity index (χ1) is 7.11. The summed E-state index contributed by atoms with van der Waals surface area (Å²) in [5, 5.41) is 9.96. The van der Waals surface area contributed by atoms with Crippen LogP contribution in [0, 0.1) is 5.41 Å². The van der Waals surface area contributed by atoms with Gasteiger partial charge in [-0.15, -0.1) is 0 Å². The van der Waals surface area contributed by atoms with Gasteiger partial charge in [0.2, 0.25) is 5.78 Å². The Morgan fingerprint density at radius 2 is 1.56 bits per heavy atom. The fourth-order valence-electron chi connectivity index (χ4n) is 2.13. The van der Waals surface area contributed by atoms with Crippen LogP contribution in [-0.4, -0.2) is 22.4 Å². The third kappa shape index (κ3) is 2.26. The molecule has 4 heteroatoms. The molecular weight excluding hydrogens is 214 g/mol. The van der Waals surface area contributed by atoms with Crippen LogP contribution in [-0.2, 0) is 4.79 Å². The van der Waals surface area contributed by atoms with E-state index >= 15 is 0 Å². The molecule has 0 aromatic rings. The van der Waals surface area contributed by atoms with E-state index in [9.17, 15) is 18.7 Å². The second kappa shape index (κ2) is 4.06. The molecule has 2 nitrogen and oxygen atoms in total. The Labute approximate surface area is 95.0 Å². The van der Waals surface area contributed by atoms with E-state index in [-0.39, 0.29) is 12.8 Å². The second-order valence-corrected chi connectivity index (χ2v) is 5.75. The average Bonchev–Trinajstić information content (AvgIpc) is 2.16. The van der Waals surface area contributed by atoms with Crippen molar-refractivity contribution in [2.45, 2.75) is 64.4 Å². The molecule has 0 unspecified atom stereocenters. The van der Waals surface area contributed by atoms with Crippen LogP contribution in [0.5, 0.6) is 0 Å². The van der Waals surface area contributed by atoms with Crippen molar-refractivity contribution in [1.82, 2.24) is 0 Å². The first kappa shape index (κ1) is 13.6. The van der Waals surface area contributed by atoms with E-state index in [1.54, 1.807) is 0 Å². The number of carbonyl (C=O) groups is 1. The fraction of sp³-hybridized carbons (Fsp3) is 0.917. The summed E-state index contributed by atoms with van der Waals surface area (Å²) in [4.78, 5) is 11.7. The third-order valence-electron chi connectivity index (χ3n) is 3.23. The standard InChI is InChI=1S/C12H20F2O2/c1-10(2,3)9(15)12(13,14)11(16)7-5-4-6-8-11/h16H,4-8H2,1-3H3. The van der Waals surface area contributed by atoms with Crippen molar-refractivity contribution in [3.63, 3.8) is 0 Å². The maximum atomic E-state index is 14.0. The third-order valence-corrected chi connectivity index (χ3v) is 3.23. The summed E-state index contributed by atoms with van der Waals surface area (Å²) in [6.07, 6.45) is 2.00. The number of aliphatic hydroxyl groups is 1. The Morgan fingerprint density at radius 1 is 1.12 bits per heavy atom. The van der Waals surface area contributed by atoms with Crippen LogP contribution in [0.2, 0.25) is 0 Å². The molecule has 0 amide bonds. The van der Waals surface area contributed by atoms with Crippen LogP contribution in [0.4, 0.5) is 8.78 Å². The highest BCUT2D eigenvalue weighted by Crippen LogP contribution is 2.44. The Hall–Kier alpha value is -0.510. The van der Waals surface area contributed by atoms with Crippen molar-refractivity contribution in [3.05, 3.63) is 0 Å². The monoisotopic (exact) mass is 234 g/mol. The normalized spacial score (nSPS) is 21.9. The lowest BCUT2D eigenvalue weighted by atomic mass is 9.74. The average molecular weight is 234 g/mol. The minimum atomic E-state index is -3.63. The molecule has 1 aliphatic carbocycles. The van der Waals surface area contributed by atoms with E-state index in [1.807, 2.05) is 0 Å². The van der Waals surface area contributed by atoms with Crippen LogP contribution in [0.1, 0.15) is 52.9 Å². The van der Waals surface area contributed by atoms with Gasteiger partial charge in [-0.05, 0) is 12.8 Å². The van der Waals surface area contributed by atoms with E-state index in [0.29, 0.717) is 12.8 Å². The molecule has 0 saturated heterocycles. The van der Waals surface area contributed by atoms with Crippen molar-refractivity contribution in [2.24, 2.45) is 5.41 Å². The lowest BCUT2D eigenvalue weighted by Crippen LogP contribution is -2.57. The minimum absolute atomic E-state index is 0.0157. The molecule has 0 heterocycles. The number of Topliss-reactive ketones (excluding diaryl/α,β-unsaturated/α-hetero) is 1. The summed E-state index contributed by atoms with van der Waals surface area (Å²) in [7, 11) is 0. The highest BCUT2D eigenvalue weighted by atomic mass is 19.3. The zero-order chi connectivity index (χ0) is 12.6. The van der Waals surface area contributed by atoms with Gasteiger partial charge in [0, 0.05) is 5.41 Å². The van der Waals surface area contributed by atoms with Crippen molar-refractivity contribution in [2.75, 3.05) is 0 Å². The van der Waals surface area contributed by atoms with E-state index in [0.717, 1.165) is 6.42 Å². The van der Waals surface area contributed by atoms with Gasteiger partial charge in [0.25, 0.3) is 0 Å². The lowest BCUT2D eigenvalue weighted by Gasteiger charge is -2.40. The lowest BCUT2D eigenvalue weighted by molar-refractivity contribution is -0.205. The number of ketones is 1. The van der Waals surface area contributed by atoms with Gasteiger partial charge in [-0.25, -0.2) is 0 Å². The van der Waals surface area contributed by atoms with Crippen molar-refractivity contribution < 1.29 is 18.7 Å². The van der Waals surface area contributed by atoms with Crippen molar-refractivity contribution in [1.29, 1.82) is 0 Å².